The van der Waals surface area contributed by atoms with Crippen molar-refractivity contribution in [1.82, 2.24) is 0 Å². The monoisotopic (exact) mass is 418 g/mol. The molecule has 0 aliphatic heterocycles. The van der Waals surface area contributed by atoms with Crippen LogP contribution in [0.4, 0.5) is 0 Å². The van der Waals surface area contributed by atoms with E-state index in [-0.39, 0.29) is 18.9 Å². The van der Waals surface area contributed by atoms with E-state index in [9.17, 15) is 13.2 Å². The second kappa shape index (κ2) is 10.8. The second-order valence-electron chi connectivity index (χ2n) is 6.68. The number of benzene rings is 2. The Kier molecular flexibility index (Phi) is 8.42. The highest BCUT2D eigenvalue weighted by Gasteiger charge is 2.12. The van der Waals surface area contributed by atoms with Crippen LogP contribution in [0.15, 0.2) is 60.7 Å². The topological polar surface area (TPSA) is 89.9 Å². The van der Waals surface area contributed by atoms with Crippen LogP contribution in [0.2, 0.25) is 0 Å². The minimum atomic E-state index is -3.41. The van der Waals surface area contributed by atoms with Crippen molar-refractivity contribution in [3.63, 3.8) is 0 Å². The quantitative estimate of drug-likeness (QED) is 0.439. The number of allylic oxidation sites excluding steroid dienone is 2. The normalized spacial score (nSPS) is 12.8. The highest BCUT2D eigenvalue weighted by atomic mass is 32.2. The number of rotatable bonds is 11. The lowest BCUT2D eigenvalue weighted by atomic mass is 9.95. The summed E-state index contributed by atoms with van der Waals surface area (Å²) < 4.78 is 32.5. The summed E-state index contributed by atoms with van der Waals surface area (Å²) in [6.45, 7) is 2.39. The first kappa shape index (κ1) is 22.6. The molecule has 1 N–H and O–H groups in total. The number of ether oxygens (including phenoxy) is 1. The van der Waals surface area contributed by atoms with Crippen LogP contribution < -0.4 is 4.74 Å². The van der Waals surface area contributed by atoms with Gasteiger partial charge in [0.25, 0.3) is 10.1 Å². The summed E-state index contributed by atoms with van der Waals surface area (Å²) in [7, 11) is -3.41. The van der Waals surface area contributed by atoms with Gasteiger partial charge in [0, 0.05) is 5.92 Å². The van der Waals surface area contributed by atoms with Crippen LogP contribution >= 0.6 is 0 Å². The molecule has 2 aromatic carbocycles. The fraction of sp³-hybridized carbons (Fsp3) is 0.318. The molecule has 1 unspecified atom stereocenters. The Bertz CT molecular complexity index is 915. The summed E-state index contributed by atoms with van der Waals surface area (Å²) in [6, 6.07) is 15.1. The number of hydrogen-bond donors (Lipinski definition) is 1. The van der Waals surface area contributed by atoms with Crippen LogP contribution in [-0.2, 0) is 32.1 Å². The molecule has 0 spiro atoms. The molecule has 0 heterocycles. The van der Waals surface area contributed by atoms with Gasteiger partial charge in [0.15, 0.2) is 0 Å². The zero-order valence-corrected chi connectivity index (χ0v) is 17.4. The molecule has 29 heavy (non-hydrogen) atoms. The summed E-state index contributed by atoms with van der Waals surface area (Å²) in [4.78, 5) is 11.0. The molecule has 0 aliphatic carbocycles. The second-order valence-corrected chi connectivity index (χ2v) is 8.32. The minimum absolute atomic E-state index is 0.0477. The summed E-state index contributed by atoms with van der Waals surface area (Å²) in [5, 5.41) is 9.05. The van der Waals surface area contributed by atoms with Gasteiger partial charge in [-0.2, -0.15) is 8.42 Å². The van der Waals surface area contributed by atoms with Crippen molar-refractivity contribution in [3.8, 4) is 5.75 Å². The van der Waals surface area contributed by atoms with Gasteiger partial charge in [-0.05, 0) is 42.2 Å². The van der Waals surface area contributed by atoms with Crippen LogP contribution in [0.3, 0.4) is 0 Å². The maximum atomic E-state index is 11.0. The Balaban J connectivity index is 1.88. The van der Waals surface area contributed by atoms with Crippen molar-refractivity contribution in [1.29, 1.82) is 0 Å². The van der Waals surface area contributed by atoms with Crippen molar-refractivity contribution in [2.24, 2.45) is 0 Å². The molecule has 7 heteroatoms. The Hall–Kier alpha value is -2.64. The fourth-order valence-corrected chi connectivity index (χ4v) is 3.19. The van der Waals surface area contributed by atoms with Gasteiger partial charge < -0.3 is 9.84 Å². The molecule has 0 aliphatic rings. The van der Waals surface area contributed by atoms with Gasteiger partial charge in [-0.3, -0.25) is 8.98 Å². The first-order chi connectivity index (χ1) is 13.8. The van der Waals surface area contributed by atoms with E-state index >= 15 is 0 Å². The number of carboxylic acid groups (broad SMARTS) is 1. The average molecular weight is 419 g/mol. The number of carboxylic acids is 1. The molecule has 0 saturated heterocycles. The zero-order valence-electron chi connectivity index (χ0n) is 16.6. The summed E-state index contributed by atoms with van der Waals surface area (Å²) >= 11 is 0. The number of hydrogen-bond acceptors (Lipinski definition) is 5. The molecule has 1 atom stereocenters. The molecule has 6 nitrogen and oxygen atoms in total. The number of aliphatic carboxylic acids is 1. The van der Waals surface area contributed by atoms with Gasteiger partial charge >= 0.3 is 5.97 Å². The van der Waals surface area contributed by atoms with Crippen LogP contribution in [0.1, 0.15) is 36.0 Å². The van der Waals surface area contributed by atoms with Crippen LogP contribution in [0.5, 0.6) is 5.75 Å². The van der Waals surface area contributed by atoms with Crippen LogP contribution in [-0.4, -0.2) is 32.4 Å². The van der Waals surface area contributed by atoms with Gasteiger partial charge in [-0.15, -0.1) is 0 Å². The van der Waals surface area contributed by atoms with Crippen molar-refractivity contribution in [3.05, 3.63) is 77.4 Å². The average Bonchev–Trinajstić information content (AvgIpc) is 2.66. The number of carbonyl (C=O) groups is 1. The molecule has 0 fully saturated rings. The van der Waals surface area contributed by atoms with Gasteiger partial charge in [-0.25, -0.2) is 0 Å². The Morgan fingerprint density at radius 1 is 1.07 bits per heavy atom. The smallest absolute Gasteiger partial charge is 0.304 e. The highest BCUT2D eigenvalue weighted by Crippen LogP contribution is 2.24. The molecule has 0 bridgehead atoms. The van der Waals surface area contributed by atoms with Crippen molar-refractivity contribution in [2.75, 3.05) is 12.9 Å². The van der Waals surface area contributed by atoms with E-state index in [0.717, 1.165) is 22.9 Å². The van der Waals surface area contributed by atoms with E-state index in [1.165, 1.54) is 0 Å². The van der Waals surface area contributed by atoms with E-state index in [1.54, 1.807) is 0 Å². The zero-order chi connectivity index (χ0) is 21.3. The Morgan fingerprint density at radius 3 is 2.24 bits per heavy atom. The van der Waals surface area contributed by atoms with Crippen molar-refractivity contribution in [2.45, 2.75) is 32.3 Å². The summed E-state index contributed by atoms with van der Waals surface area (Å²) in [6.07, 6.45) is 5.33. The maximum absolute atomic E-state index is 11.0. The van der Waals surface area contributed by atoms with Crippen LogP contribution in [0, 0.1) is 0 Å². The fourth-order valence-electron chi connectivity index (χ4n) is 2.81. The third-order valence-corrected chi connectivity index (χ3v) is 4.84. The lowest BCUT2D eigenvalue weighted by molar-refractivity contribution is -0.137. The Labute approximate surface area is 171 Å². The molecular weight excluding hydrogens is 392 g/mol. The molecule has 0 amide bonds. The van der Waals surface area contributed by atoms with E-state index < -0.39 is 16.1 Å². The van der Waals surface area contributed by atoms with E-state index in [2.05, 4.69) is 0 Å². The van der Waals surface area contributed by atoms with Crippen LogP contribution in [0.25, 0.3) is 0 Å². The SMILES string of the molecule is CC=CC(CC(=O)O)c1ccc(OCc2ccc(CCOS(C)(=O)=O)cc2)cc1. The lowest BCUT2D eigenvalue weighted by Gasteiger charge is -2.12. The van der Waals surface area contributed by atoms with Crippen molar-refractivity contribution < 1.29 is 27.2 Å². The van der Waals surface area contributed by atoms with Crippen molar-refractivity contribution >= 4 is 16.1 Å². The predicted octanol–water partition coefficient (Wildman–Crippen LogP) is 3.92. The molecule has 2 aromatic rings. The van der Waals surface area contributed by atoms with Gasteiger partial charge in [0.05, 0.1) is 19.3 Å². The molecule has 0 saturated carbocycles. The molecule has 0 radical (unpaired) electrons. The van der Waals surface area contributed by atoms with E-state index in [0.29, 0.717) is 18.8 Å². The lowest BCUT2D eigenvalue weighted by Crippen LogP contribution is -2.06. The third-order valence-electron chi connectivity index (χ3n) is 4.24. The summed E-state index contributed by atoms with van der Waals surface area (Å²) in [5.41, 5.74) is 2.90. The van der Waals surface area contributed by atoms with E-state index in [4.69, 9.17) is 14.0 Å². The Morgan fingerprint density at radius 2 is 1.69 bits per heavy atom. The van der Waals surface area contributed by atoms with E-state index in [1.807, 2.05) is 67.6 Å². The molecule has 2 rings (SSSR count). The minimum Gasteiger partial charge on any atom is -0.489 e. The summed E-state index contributed by atoms with van der Waals surface area (Å²) in [5.74, 6) is -0.292. The predicted molar refractivity (Wildman–Crippen MR) is 112 cm³/mol. The molecule has 0 aromatic heterocycles. The highest BCUT2D eigenvalue weighted by molar-refractivity contribution is 7.85. The first-order valence-corrected chi connectivity index (χ1v) is 11.1. The first-order valence-electron chi connectivity index (χ1n) is 9.26. The third kappa shape index (κ3) is 8.50. The largest absolute Gasteiger partial charge is 0.489 e. The standard InChI is InChI=1S/C22H26O6S/c1-3-4-20(15-22(23)24)19-9-11-21(12-10-19)27-16-18-7-5-17(6-8-18)13-14-28-29(2,25)26/h3-12,20H,13-16H2,1-2H3,(H,23,24). The van der Waals surface area contributed by atoms with Gasteiger partial charge in [0.1, 0.15) is 12.4 Å². The molecular formula is C22H26O6S. The maximum Gasteiger partial charge on any atom is 0.304 e. The molecule has 156 valence electrons. The van der Waals surface area contributed by atoms with Gasteiger partial charge in [0.2, 0.25) is 0 Å². The van der Waals surface area contributed by atoms with Gasteiger partial charge in [-0.1, -0.05) is 48.6 Å².